The van der Waals surface area contributed by atoms with Gasteiger partial charge in [0, 0.05) is 12.0 Å². The lowest BCUT2D eigenvalue weighted by atomic mass is 9.98. The highest BCUT2D eigenvalue weighted by Crippen LogP contribution is 2.44. The zero-order valence-electron chi connectivity index (χ0n) is 18.7. The maximum Gasteiger partial charge on any atom is 0.407 e. The number of rotatable bonds is 6. The van der Waals surface area contributed by atoms with E-state index >= 15 is 0 Å². The minimum absolute atomic E-state index is 0.0248. The van der Waals surface area contributed by atoms with Crippen LogP contribution in [0.1, 0.15) is 29.5 Å². The van der Waals surface area contributed by atoms with Crippen LogP contribution in [0.4, 0.5) is 4.79 Å². The summed E-state index contributed by atoms with van der Waals surface area (Å²) >= 11 is 0. The van der Waals surface area contributed by atoms with Crippen molar-refractivity contribution in [2.75, 3.05) is 6.61 Å². The van der Waals surface area contributed by atoms with Gasteiger partial charge >= 0.3 is 6.09 Å². The lowest BCUT2D eigenvalue weighted by Gasteiger charge is -2.17. The maximum atomic E-state index is 12.5. The number of amides is 1. The first-order valence-electron chi connectivity index (χ1n) is 11.4. The summed E-state index contributed by atoms with van der Waals surface area (Å²) in [7, 11) is 0. The molecule has 0 saturated carbocycles. The minimum Gasteiger partial charge on any atom is -0.449 e. The Morgan fingerprint density at radius 1 is 0.758 bits per heavy atom. The van der Waals surface area contributed by atoms with Gasteiger partial charge in [-0.25, -0.2) is 4.79 Å². The number of benzene rings is 4. The SMILES string of the molecule is CC(Cc1ccc(-c2ccccc2)cc1)NC(=O)OCC1c2ccccc2-c2ccccc21. The Morgan fingerprint density at radius 3 is 1.94 bits per heavy atom. The highest BCUT2D eigenvalue weighted by atomic mass is 16.5. The van der Waals surface area contributed by atoms with E-state index in [0.29, 0.717) is 6.61 Å². The first kappa shape index (κ1) is 21.0. The van der Waals surface area contributed by atoms with Crippen LogP contribution in [0.25, 0.3) is 22.3 Å². The number of nitrogens with one attached hydrogen (secondary N) is 1. The number of carbonyl (C=O) groups excluding carboxylic acids is 1. The Bertz CT molecular complexity index is 1200. The van der Waals surface area contributed by atoms with Crippen LogP contribution in [-0.2, 0) is 11.2 Å². The first-order chi connectivity index (χ1) is 16.2. The fraction of sp³-hybridized carbons (Fsp3) is 0.167. The topological polar surface area (TPSA) is 38.3 Å². The molecule has 4 aromatic carbocycles. The van der Waals surface area contributed by atoms with Gasteiger partial charge in [0.15, 0.2) is 0 Å². The molecule has 1 N–H and O–H groups in total. The summed E-state index contributed by atoms with van der Waals surface area (Å²) in [4.78, 5) is 12.5. The molecular weight excluding hydrogens is 406 g/mol. The van der Waals surface area contributed by atoms with Crippen LogP contribution < -0.4 is 5.32 Å². The second kappa shape index (κ2) is 9.33. The Kier molecular flexibility index (Phi) is 5.95. The van der Waals surface area contributed by atoms with Crippen molar-refractivity contribution in [2.45, 2.75) is 25.3 Å². The molecule has 1 unspecified atom stereocenters. The Labute approximate surface area is 195 Å². The van der Waals surface area contributed by atoms with Gasteiger partial charge in [0.1, 0.15) is 6.61 Å². The average Bonchev–Trinajstić information content (AvgIpc) is 3.17. The average molecular weight is 434 g/mol. The summed E-state index contributed by atoms with van der Waals surface area (Å²) in [6.07, 6.45) is 0.379. The zero-order valence-corrected chi connectivity index (χ0v) is 18.7. The second-order valence-electron chi connectivity index (χ2n) is 8.64. The molecule has 1 aliphatic rings. The molecule has 0 saturated heterocycles. The van der Waals surface area contributed by atoms with E-state index in [9.17, 15) is 4.79 Å². The molecule has 4 aromatic rings. The monoisotopic (exact) mass is 433 g/mol. The molecule has 1 amide bonds. The molecular formula is C30H27NO2. The quantitative estimate of drug-likeness (QED) is 0.362. The number of hydrogen-bond donors (Lipinski definition) is 1. The van der Waals surface area contributed by atoms with Crippen molar-refractivity contribution >= 4 is 6.09 Å². The summed E-state index contributed by atoms with van der Waals surface area (Å²) in [5.41, 5.74) is 8.48. The largest absolute Gasteiger partial charge is 0.449 e. The predicted molar refractivity (Wildman–Crippen MR) is 133 cm³/mol. The predicted octanol–water partition coefficient (Wildman–Crippen LogP) is 6.82. The van der Waals surface area contributed by atoms with Crippen molar-refractivity contribution in [1.29, 1.82) is 0 Å². The Morgan fingerprint density at radius 2 is 1.30 bits per heavy atom. The molecule has 3 heteroatoms. The highest BCUT2D eigenvalue weighted by Gasteiger charge is 2.29. The van der Waals surface area contributed by atoms with Gasteiger partial charge in [-0.05, 0) is 52.3 Å². The Balaban J connectivity index is 1.17. The molecule has 0 radical (unpaired) electrons. The molecule has 0 bridgehead atoms. The van der Waals surface area contributed by atoms with Crippen LogP contribution in [0.5, 0.6) is 0 Å². The summed E-state index contributed by atoms with van der Waals surface area (Å²) in [5.74, 6) is 0.0731. The summed E-state index contributed by atoms with van der Waals surface area (Å²) in [6.45, 7) is 2.34. The zero-order chi connectivity index (χ0) is 22.6. The van der Waals surface area contributed by atoms with Gasteiger partial charge < -0.3 is 10.1 Å². The number of carbonyl (C=O) groups is 1. The molecule has 33 heavy (non-hydrogen) atoms. The van der Waals surface area contributed by atoms with E-state index in [1.807, 2.05) is 37.3 Å². The fourth-order valence-corrected chi connectivity index (χ4v) is 4.71. The standard InChI is InChI=1S/C30H27NO2/c1-21(19-22-15-17-24(18-16-22)23-9-3-2-4-10-23)31-30(32)33-20-29-27-13-7-5-11-25(27)26-12-6-8-14-28(26)29/h2-18,21,29H,19-20H2,1H3,(H,31,32). The maximum absolute atomic E-state index is 12.5. The van der Waals surface area contributed by atoms with Crippen LogP contribution in [-0.4, -0.2) is 18.7 Å². The van der Waals surface area contributed by atoms with E-state index in [1.54, 1.807) is 0 Å². The lowest BCUT2D eigenvalue weighted by Crippen LogP contribution is -2.35. The number of ether oxygens (including phenoxy) is 1. The molecule has 0 heterocycles. The third-order valence-electron chi connectivity index (χ3n) is 6.31. The van der Waals surface area contributed by atoms with E-state index < -0.39 is 0 Å². The van der Waals surface area contributed by atoms with Gasteiger partial charge in [-0.2, -0.15) is 0 Å². The fourth-order valence-electron chi connectivity index (χ4n) is 4.71. The minimum atomic E-state index is -0.370. The smallest absolute Gasteiger partial charge is 0.407 e. The van der Waals surface area contributed by atoms with Crippen molar-refractivity contribution < 1.29 is 9.53 Å². The third-order valence-corrected chi connectivity index (χ3v) is 6.31. The van der Waals surface area contributed by atoms with Crippen molar-refractivity contribution in [3.8, 4) is 22.3 Å². The van der Waals surface area contributed by atoms with Gasteiger partial charge in [0.25, 0.3) is 0 Å². The van der Waals surface area contributed by atoms with Crippen molar-refractivity contribution in [3.05, 3.63) is 120 Å². The Hall–Kier alpha value is -3.85. The summed E-state index contributed by atoms with van der Waals surface area (Å²) < 4.78 is 5.67. The van der Waals surface area contributed by atoms with Crippen LogP contribution in [0.3, 0.4) is 0 Å². The van der Waals surface area contributed by atoms with E-state index in [-0.39, 0.29) is 18.1 Å². The van der Waals surface area contributed by atoms with Crippen molar-refractivity contribution in [3.63, 3.8) is 0 Å². The van der Waals surface area contributed by atoms with E-state index in [4.69, 9.17) is 4.74 Å². The number of fused-ring (bicyclic) bond motifs is 3. The van der Waals surface area contributed by atoms with Gasteiger partial charge in [-0.1, -0.05) is 103 Å². The van der Waals surface area contributed by atoms with Crippen LogP contribution in [0.2, 0.25) is 0 Å². The van der Waals surface area contributed by atoms with Crippen molar-refractivity contribution in [2.24, 2.45) is 0 Å². The van der Waals surface area contributed by atoms with E-state index in [1.165, 1.54) is 38.9 Å². The molecule has 0 aromatic heterocycles. The highest BCUT2D eigenvalue weighted by molar-refractivity contribution is 5.79. The van der Waals surface area contributed by atoms with Crippen LogP contribution >= 0.6 is 0 Å². The van der Waals surface area contributed by atoms with Crippen LogP contribution in [0, 0.1) is 0 Å². The molecule has 1 atom stereocenters. The summed E-state index contributed by atoms with van der Waals surface area (Å²) in [6, 6.07) is 35.5. The second-order valence-corrected chi connectivity index (χ2v) is 8.64. The van der Waals surface area contributed by atoms with Crippen LogP contribution in [0.15, 0.2) is 103 Å². The van der Waals surface area contributed by atoms with Gasteiger partial charge in [-0.3, -0.25) is 0 Å². The molecule has 1 aliphatic carbocycles. The van der Waals surface area contributed by atoms with E-state index in [0.717, 1.165) is 6.42 Å². The summed E-state index contributed by atoms with van der Waals surface area (Å²) in [5, 5.41) is 2.99. The number of hydrogen-bond acceptors (Lipinski definition) is 2. The molecule has 0 aliphatic heterocycles. The van der Waals surface area contributed by atoms with Gasteiger partial charge in [-0.15, -0.1) is 0 Å². The lowest BCUT2D eigenvalue weighted by molar-refractivity contribution is 0.139. The molecule has 164 valence electrons. The molecule has 0 spiro atoms. The van der Waals surface area contributed by atoms with E-state index in [2.05, 4.69) is 78.1 Å². The normalized spacial score (nSPS) is 13.1. The van der Waals surface area contributed by atoms with Crippen molar-refractivity contribution in [1.82, 2.24) is 5.32 Å². The molecule has 5 rings (SSSR count). The van der Waals surface area contributed by atoms with Gasteiger partial charge in [0.05, 0.1) is 0 Å². The molecule has 3 nitrogen and oxygen atoms in total. The molecule has 0 fully saturated rings. The number of alkyl carbamates (subject to hydrolysis) is 1. The first-order valence-corrected chi connectivity index (χ1v) is 11.4. The third kappa shape index (κ3) is 4.54. The van der Waals surface area contributed by atoms with Gasteiger partial charge in [0.2, 0.25) is 0 Å².